The van der Waals surface area contributed by atoms with Gasteiger partial charge >= 0.3 is 0 Å². The van der Waals surface area contributed by atoms with Crippen molar-refractivity contribution in [1.29, 1.82) is 0 Å². The van der Waals surface area contributed by atoms with E-state index in [1.54, 1.807) is 56.3 Å². The highest BCUT2D eigenvalue weighted by atomic mass is 16.5. The minimum absolute atomic E-state index is 0.000695. The number of benzene rings is 3. The molecule has 1 unspecified atom stereocenters. The van der Waals surface area contributed by atoms with E-state index in [9.17, 15) is 24.9 Å². The third-order valence-electron chi connectivity index (χ3n) is 5.86. The van der Waals surface area contributed by atoms with Gasteiger partial charge in [-0.05, 0) is 68.3 Å². The quantitative estimate of drug-likeness (QED) is 0.247. The lowest BCUT2D eigenvalue weighted by Crippen LogP contribution is -2.29. The zero-order valence-electron chi connectivity index (χ0n) is 20.2. The SMILES string of the molecule is CCOc1ccc(/C(O)=C2/C(=O)C(=O)N(c3cc(C)ccc3O)C2c2ccc(O)cc2)c(OCC)c1. The van der Waals surface area contributed by atoms with Gasteiger partial charge < -0.3 is 24.8 Å². The summed E-state index contributed by atoms with van der Waals surface area (Å²) in [5.41, 5.74) is 1.40. The van der Waals surface area contributed by atoms with Crippen LogP contribution in [-0.4, -0.2) is 40.2 Å². The van der Waals surface area contributed by atoms with Crippen molar-refractivity contribution in [2.24, 2.45) is 0 Å². The summed E-state index contributed by atoms with van der Waals surface area (Å²) in [7, 11) is 0. The molecular weight excluding hydrogens is 462 g/mol. The topological polar surface area (TPSA) is 117 Å². The van der Waals surface area contributed by atoms with Gasteiger partial charge in [-0.25, -0.2) is 0 Å². The van der Waals surface area contributed by atoms with Gasteiger partial charge in [0.15, 0.2) is 0 Å². The fraction of sp³-hybridized carbons (Fsp3) is 0.214. The Kier molecular flexibility index (Phi) is 6.87. The van der Waals surface area contributed by atoms with Crippen LogP contribution < -0.4 is 14.4 Å². The van der Waals surface area contributed by atoms with Crippen LogP contribution >= 0.6 is 0 Å². The summed E-state index contributed by atoms with van der Waals surface area (Å²) in [6.07, 6.45) is 0. The van der Waals surface area contributed by atoms with Gasteiger partial charge in [0.1, 0.15) is 28.8 Å². The molecule has 36 heavy (non-hydrogen) atoms. The predicted octanol–water partition coefficient (Wildman–Crippen LogP) is 4.83. The van der Waals surface area contributed by atoms with Gasteiger partial charge in [-0.2, -0.15) is 0 Å². The number of phenols is 2. The molecule has 0 saturated carbocycles. The highest BCUT2D eigenvalue weighted by Gasteiger charge is 2.48. The number of nitrogens with zero attached hydrogens (tertiary/aromatic N) is 1. The van der Waals surface area contributed by atoms with Gasteiger partial charge in [0.05, 0.1) is 36.1 Å². The molecular formula is C28H27NO7. The smallest absolute Gasteiger partial charge is 0.300 e. The van der Waals surface area contributed by atoms with E-state index in [0.29, 0.717) is 24.5 Å². The second kappa shape index (κ2) is 10.0. The molecule has 1 aliphatic heterocycles. The maximum Gasteiger partial charge on any atom is 0.300 e. The molecule has 3 aromatic rings. The maximum atomic E-state index is 13.4. The Labute approximate surface area is 208 Å². The first-order valence-corrected chi connectivity index (χ1v) is 11.6. The normalized spacial score (nSPS) is 16.9. The lowest BCUT2D eigenvalue weighted by atomic mass is 9.94. The average Bonchev–Trinajstić information content (AvgIpc) is 3.11. The molecule has 4 rings (SSSR count). The third-order valence-corrected chi connectivity index (χ3v) is 5.86. The number of aromatic hydroxyl groups is 2. The summed E-state index contributed by atoms with van der Waals surface area (Å²) >= 11 is 0. The van der Waals surface area contributed by atoms with Gasteiger partial charge in [0, 0.05) is 6.07 Å². The molecule has 8 nitrogen and oxygen atoms in total. The first kappa shape index (κ1) is 24.7. The highest BCUT2D eigenvalue weighted by molar-refractivity contribution is 6.52. The minimum atomic E-state index is -1.07. The van der Waals surface area contributed by atoms with Crippen LogP contribution in [0.25, 0.3) is 5.76 Å². The number of aliphatic hydroxyl groups is 1. The summed E-state index contributed by atoms with van der Waals surface area (Å²) in [5, 5.41) is 31.9. The molecule has 0 radical (unpaired) electrons. The lowest BCUT2D eigenvalue weighted by Gasteiger charge is -2.26. The highest BCUT2D eigenvalue weighted by Crippen LogP contribution is 2.46. The van der Waals surface area contributed by atoms with E-state index in [1.165, 1.54) is 18.2 Å². The molecule has 1 heterocycles. The Morgan fingerprint density at radius 3 is 2.28 bits per heavy atom. The summed E-state index contributed by atoms with van der Waals surface area (Å²) in [5.74, 6) is -1.62. The Balaban J connectivity index is 1.97. The molecule has 0 aliphatic carbocycles. The van der Waals surface area contributed by atoms with Crippen LogP contribution in [0.2, 0.25) is 0 Å². The van der Waals surface area contributed by atoms with Crippen molar-refractivity contribution in [2.75, 3.05) is 18.1 Å². The molecule has 1 amide bonds. The van der Waals surface area contributed by atoms with Crippen molar-refractivity contribution in [3.8, 4) is 23.0 Å². The molecule has 0 aromatic heterocycles. The number of rotatable bonds is 7. The van der Waals surface area contributed by atoms with E-state index < -0.39 is 23.5 Å². The summed E-state index contributed by atoms with van der Waals surface area (Å²) in [6.45, 7) is 6.15. The monoisotopic (exact) mass is 489 g/mol. The maximum absolute atomic E-state index is 13.4. The fourth-order valence-corrected chi connectivity index (χ4v) is 4.25. The third kappa shape index (κ3) is 4.45. The van der Waals surface area contributed by atoms with Gasteiger partial charge in [0.25, 0.3) is 11.7 Å². The van der Waals surface area contributed by atoms with Crippen molar-refractivity contribution >= 4 is 23.1 Å². The number of anilines is 1. The largest absolute Gasteiger partial charge is 0.508 e. The Morgan fingerprint density at radius 2 is 1.61 bits per heavy atom. The van der Waals surface area contributed by atoms with Gasteiger partial charge in [-0.1, -0.05) is 18.2 Å². The second-order valence-corrected chi connectivity index (χ2v) is 8.28. The number of ketones is 1. The molecule has 3 N–H and O–H groups in total. The molecule has 1 fully saturated rings. The average molecular weight is 490 g/mol. The minimum Gasteiger partial charge on any atom is -0.508 e. The lowest BCUT2D eigenvalue weighted by molar-refractivity contribution is -0.132. The first-order valence-electron chi connectivity index (χ1n) is 11.6. The molecule has 186 valence electrons. The molecule has 3 aromatic carbocycles. The van der Waals surface area contributed by atoms with Crippen molar-refractivity contribution in [3.05, 3.63) is 82.9 Å². The molecule has 1 saturated heterocycles. The number of phenolic OH excluding ortho intramolecular Hbond substituents is 2. The van der Waals surface area contributed by atoms with Crippen LogP contribution in [0.5, 0.6) is 23.0 Å². The number of hydrogen-bond donors (Lipinski definition) is 3. The van der Waals surface area contributed by atoms with E-state index in [2.05, 4.69) is 0 Å². The fourth-order valence-electron chi connectivity index (χ4n) is 4.25. The first-order chi connectivity index (χ1) is 17.3. The van der Waals surface area contributed by atoms with Crippen LogP contribution in [0, 0.1) is 6.92 Å². The number of amides is 1. The van der Waals surface area contributed by atoms with Crippen LogP contribution in [0.15, 0.2) is 66.2 Å². The second-order valence-electron chi connectivity index (χ2n) is 8.28. The number of carbonyl (C=O) groups excluding carboxylic acids is 2. The van der Waals surface area contributed by atoms with Crippen LogP contribution in [-0.2, 0) is 9.59 Å². The van der Waals surface area contributed by atoms with Crippen molar-refractivity contribution < 1.29 is 34.4 Å². The van der Waals surface area contributed by atoms with E-state index >= 15 is 0 Å². The number of aryl methyl sites for hydroxylation is 1. The number of carbonyl (C=O) groups is 2. The van der Waals surface area contributed by atoms with Gasteiger partial charge in [-0.3, -0.25) is 14.5 Å². The van der Waals surface area contributed by atoms with Gasteiger partial charge in [-0.15, -0.1) is 0 Å². The number of aliphatic hydroxyl groups excluding tert-OH is 1. The van der Waals surface area contributed by atoms with Crippen LogP contribution in [0.1, 0.15) is 36.6 Å². The molecule has 1 aliphatic rings. The van der Waals surface area contributed by atoms with E-state index in [1.807, 2.05) is 6.92 Å². The molecule has 1 atom stereocenters. The van der Waals surface area contributed by atoms with E-state index in [-0.39, 0.29) is 34.1 Å². The number of ether oxygens (including phenoxy) is 2. The van der Waals surface area contributed by atoms with Crippen molar-refractivity contribution in [3.63, 3.8) is 0 Å². The number of hydrogen-bond acceptors (Lipinski definition) is 7. The van der Waals surface area contributed by atoms with Crippen molar-refractivity contribution in [1.82, 2.24) is 0 Å². The summed E-state index contributed by atoms with van der Waals surface area (Å²) < 4.78 is 11.2. The summed E-state index contributed by atoms with van der Waals surface area (Å²) in [6, 6.07) is 14.4. The molecule has 8 heteroatoms. The van der Waals surface area contributed by atoms with Crippen molar-refractivity contribution in [2.45, 2.75) is 26.8 Å². The Morgan fingerprint density at radius 1 is 0.917 bits per heavy atom. The standard InChI is InChI=1S/C28H27NO7/c1-4-35-19-11-12-20(23(15-19)36-5-2)26(32)24-25(17-7-9-18(30)10-8-17)29(28(34)27(24)33)21-14-16(3)6-13-22(21)31/h6-15,25,30-32H,4-5H2,1-3H3/b26-24-. The van der Waals surface area contributed by atoms with Crippen LogP contribution in [0.3, 0.4) is 0 Å². The van der Waals surface area contributed by atoms with E-state index in [0.717, 1.165) is 10.5 Å². The Hall–Kier alpha value is -4.46. The predicted molar refractivity (Wildman–Crippen MR) is 135 cm³/mol. The molecule has 0 spiro atoms. The molecule has 0 bridgehead atoms. The summed E-state index contributed by atoms with van der Waals surface area (Å²) in [4.78, 5) is 27.9. The zero-order chi connectivity index (χ0) is 26.0. The van der Waals surface area contributed by atoms with E-state index in [4.69, 9.17) is 9.47 Å². The van der Waals surface area contributed by atoms with Crippen LogP contribution in [0.4, 0.5) is 5.69 Å². The number of Topliss-reactive ketones (excluding diaryl/α,β-unsaturated/α-hetero) is 1. The Bertz CT molecular complexity index is 1340. The zero-order valence-corrected chi connectivity index (χ0v) is 20.2. The van der Waals surface area contributed by atoms with Gasteiger partial charge in [0.2, 0.25) is 0 Å².